The highest BCUT2D eigenvalue weighted by Crippen LogP contribution is 2.36. The summed E-state index contributed by atoms with van der Waals surface area (Å²) in [4.78, 5) is 0. The molecule has 0 saturated carbocycles. The van der Waals surface area contributed by atoms with Gasteiger partial charge in [0.25, 0.3) is 0 Å². The lowest BCUT2D eigenvalue weighted by Crippen LogP contribution is -2.41. The van der Waals surface area contributed by atoms with E-state index in [9.17, 15) is 0 Å². The van der Waals surface area contributed by atoms with Crippen molar-refractivity contribution in [3.63, 3.8) is 0 Å². The van der Waals surface area contributed by atoms with Crippen molar-refractivity contribution in [2.45, 2.75) is 78.1 Å². The molecule has 1 fully saturated rings. The van der Waals surface area contributed by atoms with Crippen LogP contribution in [0, 0.1) is 0 Å². The monoisotopic (exact) mass is 268 g/mol. The van der Waals surface area contributed by atoms with Gasteiger partial charge in [-0.05, 0) is 61.3 Å². The molecule has 0 spiro atoms. The predicted molar refractivity (Wildman–Crippen MR) is 80.2 cm³/mol. The molecular weight excluding hydrogens is 239 g/mol. The fourth-order valence-electron chi connectivity index (χ4n) is 1.75. The minimum absolute atomic E-state index is 0.0462. The van der Waals surface area contributed by atoms with Gasteiger partial charge in [-0.3, -0.25) is 0 Å². The first-order chi connectivity index (χ1) is 8.54. The molecular formula is C15H29BO3. The zero-order chi connectivity index (χ0) is 14.7. The van der Waals surface area contributed by atoms with Gasteiger partial charge in [0.2, 0.25) is 0 Å². The Kier molecular flexibility index (Phi) is 5.27. The summed E-state index contributed by atoms with van der Waals surface area (Å²) in [6.45, 7) is 15.3. The molecule has 0 unspecified atom stereocenters. The molecule has 1 rings (SSSR count). The summed E-state index contributed by atoms with van der Waals surface area (Å²) in [5, 5.41) is 0. The van der Waals surface area contributed by atoms with Crippen LogP contribution in [0.5, 0.6) is 0 Å². The van der Waals surface area contributed by atoms with E-state index in [0.717, 1.165) is 19.4 Å². The van der Waals surface area contributed by atoms with Crippen LogP contribution in [-0.2, 0) is 14.0 Å². The zero-order valence-electron chi connectivity index (χ0n) is 13.6. The van der Waals surface area contributed by atoms with E-state index in [1.54, 1.807) is 0 Å². The van der Waals surface area contributed by atoms with Crippen molar-refractivity contribution in [2.75, 3.05) is 6.61 Å². The van der Waals surface area contributed by atoms with Gasteiger partial charge < -0.3 is 14.0 Å². The summed E-state index contributed by atoms with van der Waals surface area (Å²) in [5.74, 6) is 2.01. The van der Waals surface area contributed by atoms with Crippen LogP contribution in [0.1, 0.15) is 61.3 Å². The van der Waals surface area contributed by atoms with Crippen LogP contribution >= 0.6 is 0 Å². The molecule has 1 aliphatic heterocycles. The van der Waals surface area contributed by atoms with Crippen LogP contribution in [0.25, 0.3) is 0 Å². The number of hydrogen-bond acceptors (Lipinski definition) is 3. The number of unbranched alkanes of at least 4 members (excludes halogenated alkanes) is 1. The van der Waals surface area contributed by atoms with Gasteiger partial charge in [0.05, 0.1) is 16.8 Å². The van der Waals surface area contributed by atoms with Crippen LogP contribution in [0.15, 0.2) is 12.1 Å². The van der Waals surface area contributed by atoms with Gasteiger partial charge in [-0.2, -0.15) is 0 Å². The molecule has 0 N–H and O–H groups in total. The van der Waals surface area contributed by atoms with Crippen molar-refractivity contribution in [3.8, 4) is 0 Å². The van der Waals surface area contributed by atoms with Crippen LogP contribution in [-0.4, -0.2) is 30.5 Å². The fourth-order valence-corrected chi connectivity index (χ4v) is 1.75. The molecule has 0 amide bonds. The molecule has 0 aromatic carbocycles. The highest BCUT2D eigenvalue weighted by molar-refractivity contribution is 6.51. The summed E-state index contributed by atoms with van der Waals surface area (Å²) >= 11 is 0. The lowest BCUT2D eigenvalue weighted by molar-refractivity contribution is -0.00363. The molecule has 0 radical (unpaired) electrons. The summed E-state index contributed by atoms with van der Waals surface area (Å²) in [6.07, 6.45) is 4.13. The zero-order valence-corrected chi connectivity index (χ0v) is 13.6. The van der Waals surface area contributed by atoms with E-state index in [2.05, 4.69) is 54.5 Å². The molecule has 0 aromatic heterocycles. The minimum Gasteiger partial charge on any atom is -0.400 e. The lowest BCUT2D eigenvalue weighted by Gasteiger charge is -2.32. The van der Waals surface area contributed by atoms with Gasteiger partial charge in [0.15, 0.2) is 0 Å². The third-order valence-electron chi connectivity index (χ3n) is 3.61. The molecule has 1 heterocycles. The maximum absolute atomic E-state index is 5.88. The molecule has 1 aliphatic rings. The first-order valence-corrected chi connectivity index (χ1v) is 7.20. The summed E-state index contributed by atoms with van der Waals surface area (Å²) in [5.41, 5.74) is -0.551. The third-order valence-corrected chi connectivity index (χ3v) is 3.61. The molecule has 4 heteroatoms. The van der Waals surface area contributed by atoms with Gasteiger partial charge >= 0.3 is 7.12 Å². The van der Waals surface area contributed by atoms with Crippen LogP contribution < -0.4 is 0 Å². The smallest absolute Gasteiger partial charge is 0.400 e. The van der Waals surface area contributed by atoms with Crippen molar-refractivity contribution in [1.29, 1.82) is 0 Å². The molecule has 19 heavy (non-hydrogen) atoms. The molecule has 0 aromatic rings. The van der Waals surface area contributed by atoms with Crippen LogP contribution in [0.4, 0.5) is 0 Å². The Bertz CT molecular complexity index is 300. The summed E-state index contributed by atoms with van der Waals surface area (Å²) < 4.78 is 17.4. The van der Waals surface area contributed by atoms with Gasteiger partial charge in [-0.1, -0.05) is 12.1 Å². The molecule has 1 saturated heterocycles. The maximum Gasteiger partial charge on any atom is 0.486 e. The second-order valence-corrected chi connectivity index (χ2v) is 7.16. The van der Waals surface area contributed by atoms with Crippen molar-refractivity contribution in [3.05, 3.63) is 12.1 Å². The van der Waals surface area contributed by atoms with Crippen molar-refractivity contribution in [1.82, 2.24) is 0 Å². The quantitative estimate of drug-likeness (QED) is 0.561. The Morgan fingerprint density at radius 3 is 2.05 bits per heavy atom. The number of ether oxygens (including phenoxy) is 1. The van der Waals surface area contributed by atoms with E-state index >= 15 is 0 Å². The molecule has 0 atom stereocenters. The van der Waals surface area contributed by atoms with E-state index < -0.39 is 0 Å². The van der Waals surface area contributed by atoms with Crippen LogP contribution in [0.3, 0.4) is 0 Å². The largest absolute Gasteiger partial charge is 0.486 e. The lowest BCUT2D eigenvalue weighted by atomic mass is 9.89. The predicted octanol–water partition coefficient (Wildman–Crippen LogP) is 3.77. The topological polar surface area (TPSA) is 27.7 Å². The number of allylic oxidation sites excluding steroid dienone is 1. The van der Waals surface area contributed by atoms with E-state index in [0.29, 0.717) is 0 Å². The van der Waals surface area contributed by atoms with Crippen LogP contribution in [0.2, 0.25) is 0 Å². The second kappa shape index (κ2) is 5.98. The normalized spacial score (nSPS) is 22.4. The second-order valence-electron chi connectivity index (χ2n) is 7.16. The number of hydrogen-bond donors (Lipinski definition) is 0. The Balaban J connectivity index is 2.25. The van der Waals surface area contributed by atoms with Gasteiger partial charge in [0.1, 0.15) is 0 Å². The first kappa shape index (κ1) is 16.7. The van der Waals surface area contributed by atoms with Gasteiger partial charge in [-0.15, -0.1) is 0 Å². The average molecular weight is 268 g/mol. The minimum atomic E-state index is -0.253. The standard InChI is InChI=1S/C15H29BO3/c1-13(2,3)17-12-10-8-9-11-16-18-14(4,5)15(6,7)19-16/h9,11H,8,10,12H2,1-7H3/b11-9+. The number of rotatable bonds is 5. The highest BCUT2D eigenvalue weighted by Gasteiger charge is 2.49. The molecule has 110 valence electrons. The van der Waals surface area contributed by atoms with Crippen molar-refractivity contribution in [2.24, 2.45) is 0 Å². The Morgan fingerprint density at radius 1 is 1.05 bits per heavy atom. The Hall–Kier alpha value is -0.315. The van der Waals surface area contributed by atoms with E-state index in [1.165, 1.54) is 0 Å². The maximum atomic E-state index is 5.88. The van der Waals surface area contributed by atoms with Gasteiger partial charge in [-0.25, -0.2) is 0 Å². The van der Waals surface area contributed by atoms with Crippen molar-refractivity contribution < 1.29 is 14.0 Å². The SMILES string of the molecule is CC(C)(C)OCCC/C=C/B1OC(C)(C)C(C)(C)O1. The van der Waals surface area contributed by atoms with Crippen molar-refractivity contribution >= 4 is 7.12 Å². The molecule has 3 nitrogen and oxygen atoms in total. The molecule has 0 aliphatic carbocycles. The summed E-state index contributed by atoms with van der Waals surface area (Å²) in [7, 11) is -0.228. The third kappa shape index (κ3) is 5.29. The Labute approximate surface area is 118 Å². The van der Waals surface area contributed by atoms with E-state index in [1.807, 2.05) is 5.98 Å². The first-order valence-electron chi connectivity index (χ1n) is 7.20. The highest BCUT2D eigenvalue weighted by atomic mass is 16.7. The summed E-state index contributed by atoms with van der Waals surface area (Å²) in [6, 6.07) is 0. The fraction of sp³-hybridized carbons (Fsp3) is 0.867. The van der Waals surface area contributed by atoms with Gasteiger partial charge in [0, 0.05) is 6.61 Å². The average Bonchev–Trinajstić information content (AvgIpc) is 2.39. The van der Waals surface area contributed by atoms with E-state index in [4.69, 9.17) is 14.0 Å². The Morgan fingerprint density at radius 2 is 1.58 bits per heavy atom. The van der Waals surface area contributed by atoms with E-state index in [-0.39, 0.29) is 23.9 Å². The molecule has 0 bridgehead atoms.